The fourth-order valence-electron chi connectivity index (χ4n) is 2.37. The van der Waals surface area contributed by atoms with Crippen LogP contribution in [0.3, 0.4) is 0 Å². The summed E-state index contributed by atoms with van der Waals surface area (Å²) in [6.45, 7) is 2.73. The molecule has 0 saturated carbocycles. The van der Waals surface area contributed by atoms with Crippen LogP contribution in [-0.2, 0) is 17.9 Å². The van der Waals surface area contributed by atoms with Crippen LogP contribution in [-0.4, -0.2) is 20.1 Å². The SMILES string of the molecule is COc1ccc(CNCc2cccc(NC(C)=O)c2)c(Cl)c1OC. The third-order valence-corrected chi connectivity index (χ3v) is 3.87. The lowest BCUT2D eigenvalue weighted by atomic mass is 10.1. The number of nitrogens with one attached hydrogen (secondary N) is 2. The highest BCUT2D eigenvalue weighted by molar-refractivity contribution is 6.33. The lowest BCUT2D eigenvalue weighted by molar-refractivity contribution is -0.114. The molecule has 0 aliphatic heterocycles. The molecule has 1 amide bonds. The maximum Gasteiger partial charge on any atom is 0.221 e. The van der Waals surface area contributed by atoms with Crippen molar-refractivity contribution in [2.45, 2.75) is 20.0 Å². The van der Waals surface area contributed by atoms with E-state index in [0.717, 1.165) is 16.8 Å². The van der Waals surface area contributed by atoms with Crippen LogP contribution in [0.2, 0.25) is 5.02 Å². The predicted octanol–water partition coefficient (Wildman–Crippen LogP) is 3.61. The minimum absolute atomic E-state index is 0.0859. The van der Waals surface area contributed by atoms with Gasteiger partial charge in [-0.25, -0.2) is 0 Å². The molecule has 2 aromatic carbocycles. The number of carbonyl (C=O) groups is 1. The Balaban J connectivity index is 2.01. The number of amides is 1. The first-order valence-corrected chi connectivity index (χ1v) is 7.89. The summed E-state index contributed by atoms with van der Waals surface area (Å²) in [4.78, 5) is 11.1. The molecule has 0 unspecified atom stereocenters. The van der Waals surface area contributed by atoms with Crippen molar-refractivity contribution in [2.75, 3.05) is 19.5 Å². The number of ether oxygens (including phenoxy) is 2. The molecule has 2 rings (SSSR count). The summed E-state index contributed by atoms with van der Waals surface area (Å²) in [5.41, 5.74) is 2.77. The van der Waals surface area contributed by atoms with Gasteiger partial charge in [-0.15, -0.1) is 0 Å². The summed E-state index contributed by atoms with van der Waals surface area (Å²) >= 11 is 6.36. The molecule has 128 valence electrons. The van der Waals surface area contributed by atoms with Crippen LogP contribution in [0.5, 0.6) is 11.5 Å². The summed E-state index contributed by atoms with van der Waals surface area (Å²) in [5.74, 6) is 1.05. The Morgan fingerprint density at radius 2 is 1.92 bits per heavy atom. The highest BCUT2D eigenvalue weighted by Gasteiger charge is 2.12. The number of methoxy groups -OCH3 is 2. The molecule has 24 heavy (non-hydrogen) atoms. The van der Waals surface area contributed by atoms with Crippen molar-refractivity contribution in [3.8, 4) is 11.5 Å². The lowest BCUT2D eigenvalue weighted by Crippen LogP contribution is -2.14. The van der Waals surface area contributed by atoms with Crippen molar-refractivity contribution in [1.29, 1.82) is 0 Å². The van der Waals surface area contributed by atoms with E-state index in [1.54, 1.807) is 14.2 Å². The quantitative estimate of drug-likeness (QED) is 0.802. The Labute approximate surface area is 146 Å². The van der Waals surface area contributed by atoms with Crippen molar-refractivity contribution in [3.63, 3.8) is 0 Å². The van der Waals surface area contributed by atoms with E-state index < -0.39 is 0 Å². The van der Waals surface area contributed by atoms with Crippen LogP contribution in [0.1, 0.15) is 18.1 Å². The largest absolute Gasteiger partial charge is 0.493 e. The molecule has 0 aromatic heterocycles. The van der Waals surface area contributed by atoms with Gasteiger partial charge in [0.1, 0.15) is 0 Å². The smallest absolute Gasteiger partial charge is 0.221 e. The molecule has 0 saturated heterocycles. The Morgan fingerprint density at radius 1 is 1.12 bits per heavy atom. The second-order valence-electron chi connectivity index (χ2n) is 5.26. The molecule has 2 N–H and O–H groups in total. The monoisotopic (exact) mass is 348 g/mol. The molecule has 0 aliphatic rings. The summed E-state index contributed by atoms with van der Waals surface area (Å²) in [6, 6.07) is 11.4. The van der Waals surface area contributed by atoms with E-state index in [0.29, 0.717) is 29.6 Å². The van der Waals surface area contributed by atoms with Gasteiger partial charge in [0.2, 0.25) is 5.91 Å². The van der Waals surface area contributed by atoms with Gasteiger partial charge >= 0.3 is 0 Å². The zero-order valence-electron chi connectivity index (χ0n) is 14.0. The number of anilines is 1. The zero-order valence-corrected chi connectivity index (χ0v) is 14.7. The third-order valence-electron chi connectivity index (χ3n) is 3.46. The number of carbonyl (C=O) groups excluding carboxylic acids is 1. The first-order chi connectivity index (χ1) is 11.5. The first-order valence-electron chi connectivity index (χ1n) is 7.51. The van der Waals surface area contributed by atoms with E-state index >= 15 is 0 Å². The zero-order chi connectivity index (χ0) is 17.5. The molecule has 0 aliphatic carbocycles. The molecule has 0 radical (unpaired) electrons. The van der Waals surface area contributed by atoms with Gasteiger partial charge in [0.25, 0.3) is 0 Å². The van der Waals surface area contributed by atoms with Gasteiger partial charge in [-0.3, -0.25) is 4.79 Å². The van der Waals surface area contributed by atoms with Gasteiger partial charge in [0.15, 0.2) is 11.5 Å². The minimum atomic E-state index is -0.0859. The molecule has 0 heterocycles. The van der Waals surface area contributed by atoms with Gasteiger partial charge in [0, 0.05) is 25.7 Å². The molecular weight excluding hydrogens is 328 g/mol. The second kappa shape index (κ2) is 8.57. The second-order valence-corrected chi connectivity index (χ2v) is 5.64. The summed E-state index contributed by atoms with van der Waals surface area (Å²) in [7, 11) is 3.14. The lowest BCUT2D eigenvalue weighted by Gasteiger charge is -2.13. The molecule has 0 bridgehead atoms. The van der Waals surface area contributed by atoms with E-state index in [9.17, 15) is 4.79 Å². The highest BCUT2D eigenvalue weighted by Crippen LogP contribution is 2.37. The molecular formula is C18H21ClN2O3. The molecule has 0 spiro atoms. The number of rotatable bonds is 7. The van der Waals surface area contributed by atoms with Gasteiger partial charge in [-0.1, -0.05) is 29.8 Å². The molecule has 2 aromatic rings. The van der Waals surface area contributed by atoms with E-state index in [1.807, 2.05) is 36.4 Å². The van der Waals surface area contributed by atoms with Crippen LogP contribution in [0.15, 0.2) is 36.4 Å². The normalized spacial score (nSPS) is 10.3. The van der Waals surface area contributed by atoms with Crippen molar-refractivity contribution in [1.82, 2.24) is 5.32 Å². The van der Waals surface area contributed by atoms with Gasteiger partial charge in [0.05, 0.1) is 19.2 Å². The third kappa shape index (κ3) is 4.63. The average molecular weight is 349 g/mol. The first kappa shape index (κ1) is 18.1. The van der Waals surface area contributed by atoms with E-state index in [4.69, 9.17) is 21.1 Å². The van der Waals surface area contributed by atoms with Crippen molar-refractivity contribution in [2.24, 2.45) is 0 Å². The van der Waals surface area contributed by atoms with Crippen molar-refractivity contribution < 1.29 is 14.3 Å². The van der Waals surface area contributed by atoms with Crippen molar-refractivity contribution >= 4 is 23.2 Å². The van der Waals surface area contributed by atoms with E-state index in [-0.39, 0.29) is 5.91 Å². The van der Waals surface area contributed by atoms with Gasteiger partial charge in [-0.2, -0.15) is 0 Å². The average Bonchev–Trinajstić information content (AvgIpc) is 2.55. The van der Waals surface area contributed by atoms with Crippen LogP contribution in [0.4, 0.5) is 5.69 Å². The predicted molar refractivity (Wildman–Crippen MR) is 95.8 cm³/mol. The fraction of sp³-hybridized carbons (Fsp3) is 0.278. The van der Waals surface area contributed by atoms with Crippen LogP contribution < -0.4 is 20.1 Å². The van der Waals surface area contributed by atoms with Gasteiger partial charge < -0.3 is 20.1 Å². The standard InChI is InChI=1S/C18H21ClN2O3/c1-12(22)21-15-6-4-5-13(9-15)10-20-11-14-7-8-16(23-2)18(24-3)17(14)19/h4-9,20H,10-11H2,1-3H3,(H,21,22). The molecule has 0 fully saturated rings. The maximum atomic E-state index is 11.1. The Morgan fingerprint density at radius 3 is 2.58 bits per heavy atom. The topological polar surface area (TPSA) is 59.6 Å². The number of hydrogen-bond donors (Lipinski definition) is 2. The Kier molecular flexibility index (Phi) is 6.46. The minimum Gasteiger partial charge on any atom is -0.493 e. The van der Waals surface area contributed by atoms with E-state index in [2.05, 4.69) is 10.6 Å². The summed E-state index contributed by atoms with van der Waals surface area (Å²) in [6.07, 6.45) is 0. The Bertz CT molecular complexity index is 719. The summed E-state index contributed by atoms with van der Waals surface area (Å²) in [5, 5.41) is 6.64. The number of halogens is 1. The maximum absolute atomic E-state index is 11.1. The number of benzene rings is 2. The fourth-order valence-corrected chi connectivity index (χ4v) is 2.67. The van der Waals surface area contributed by atoms with Crippen molar-refractivity contribution in [3.05, 3.63) is 52.5 Å². The molecule has 6 heteroatoms. The van der Waals surface area contributed by atoms with Gasteiger partial charge in [-0.05, 0) is 29.3 Å². The van der Waals surface area contributed by atoms with Crippen LogP contribution in [0.25, 0.3) is 0 Å². The summed E-state index contributed by atoms with van der Waals surface area (Å²) < 4.78 is 10.5. The molecule has 0 atom stereocenters. The Hall–Kier alpha value is -2.24. The highest BCUT2D eigenvalue weighted by atomic mass is 35.5. The number of hydrogen-bond acceptors (Lipinski definition) is 4. The van der Waals surface area contributed by atoms with Crippen LogP contribution in [0, 0.1) is 0 Å². The van der Waals surface area contributed by atoms with Crippen LogP contribution >= 0.6 is 11.6 Å². The van der Waals surface area contributed by atoms with E-state index in [1.165, 1.54) is 6.92 Å². The molecule has 5 nitrogen and oxygen atoms in total.